The predicted molar refractivity (Wildman–Crippen MR) is 122 cm³/mol. The van der Waals surface area contributed by atoms with Gasteiger partial charge in [0, 0.05) is 26.2 Å². The van der Waals surface area contributed by atoms with Crippen LogP contribution in [0.4, 0.5) is 0 Å². The number of hydrogen-bond donors (Lipinski definition) is 2. The third-order valence-corrected chi connectivity index (χ3v) is 7.30. The van der Waals surface area contributed by atoms with Crippen LogP contribution in [0.2, 0.25) is 5.02 Å². The maximum absolute atomic E-state index is 12.8. The molecule has 2 atom stereocenters. The molecule has 0 radical (unpaired) electrons. The van der Waals surface area contributed by atoms with Crippen LogP contribution in [0.1, 0.15) is 16.8 Å². The first kappa shape index (κ1) is 20.6. The Balaban J connectivity index is 1.89. The van der Waals surface area contributed by atoms with Crippen LogP contribution in [0.25, 0.3) is 16.2 Å². The zero-order valence-electron chi connectivity index (χ0n) is 14.2. The van der Waals surface area contributed by atoms with Crippen LogP contribution in [0, 0.1) is 3.57 Å². The number of halogens is 2. The second-order valence-corrected chi connectivity index (χ2v) is 11.1. The first-order valence-electron chi connectivity index (χ1n) is 7.95. The molecule has 2 unspecified atom stereocenters. The van der Waals surface area contributed by atoms with Gasteiger partial charge in [0.05, 0.1) is 0 Å². The van der Waals surface area contributed by atoms with Gasteiger partial charge in [0.1, 0.15) is 5.66 Å². The third-order valence-electron chi connectivity index (χ3n) is 3.94. The summed E-state index contributed by atoms with van der Waals surface area (Å²) in [5, 5.41) is 5.85. The van der Waals surface area contributed by atoms with Gasteiger partial charge in [-0.1, -0.05) is 23.7 Å². The summed E-state index contributed by atoms with van der Waals surface area (Å²) in [7, 11) is -3.72. The average Bonchev–Trinajstić information content (AvgIpc) is 2.96. The number of carbonyl (C=O) groups is 1. The van der Waals surface area contributed by atoms with Crippen molar-refractivity contribution in [3.8, 4) is 0 Å². The Hall–Kier alpha value is -1.18. The van der Waals surface area contributed by atoms with Crippen molar-refractivity contribution in [3.05, 3.63) is 73.8 Å². The van der Waals surface area contributed by atoms with Gasteiger partial charge in [0.2, 0.25) is 13.3 Å². The van der Waals surface area contributed by atoms with Gasteiger partial charge < -0.3 is 10.2 Å². The molecule has 140 valence electrons. The number of amides is 1. The summed E-state index contributed by atoms with van der Waals surface area (Å²) in [5.74, 6) is -0.514. The van der Waals surface area contributed by atoms with Crippen molar-refractivity contribution in [3.63, 3.8) is 0 Å². The van der Waals surface area contributed by atoms with Gasteiger partial charge in [-0.05, 0) is 80.9 Å². The molecule has 0 aliphatic carbocycles. The molecule has 27 heavy (non-hydrogen) atoms. The minimum Gasteiger partial charge on any atom is -0.344 e. The van der Waals surface area contributed by atoms with Gasteiger partial charge in [-0.3, -0.25) is 9.36 Å². The summed E-state index contributed by atoms with van der Waals surface area (Å²) in [6, 6.07) is 13.0. The van der Waals surface area contributed by atoms with E-state index in [4.69, 9.17) is 11.6 Å². The molecule has 0 aliphatic rings. The highest BCUT2D eigenvalue weighted by molar-refractivity contribution is 14.1. The summed E-state index contributed by atoms with van der Waals surface area (Å²) in [6.07, 6.45) is 3.16. The van der Waals surface area contributed by atoms with Gasteiger partial charge in [-0.2, -0.15) is 0 Å². The number of thiophene rings is 1. The van der Waals surface area contributed by atoms with E-state index >= 15 is 0 Å². The normalized spacial score (nSPS) is 15.0. The Bertz CT molecular complexity index is 1080. The number of carbonyl (C=O) groups excluding carboxylic acids is 1. The van der Waals surface area contributed by atoms with Crippen LogP contribution in [0.5, 0.6) is 0 Å². The molecule has 2 N–H and O–H groups in total. The molecular weight excluding hydrogens is 516 g/mol. The SMILES string of the molecule is CP(=O)(O)C(C(=O)N/C=C/c1cccc(Cl)c1)c1csc2ccc(I)cc12. The zero-order chi connectivity index (χ0) is 19.6. The quantitative estimate of drug-likeness (QED) is 0.319. The molecule has 0 bridgehead atoms. The number of fused-ring (bicyclic) bond motifs is 1. The van der Waals surface area contributed by atoms with Gasteiger partial charge in [0.15, 0.2) is 0 Å². The van der Waals surface area contributed by atoms with E-state index in [1.807, 2.05) is 24.3 Å². The fourth-order valence-corrected chi connectivity index (χ4v) is 5.76. The molecule has 0 fully saturated rings. The monoisotopic (exact) mass is 531 g/mol. The van der Waals surface area contributed by atoms with E-state index in [1.54, 1.807) is 29.7 Å². The van der Waals surface area contributed by atoms with Gasteiger partial charge in [-0.25, -0.2) is 0 Å². The zero-order valence-corrected chi connectivity index (χ0v) is 18.9. The Morgan fingerprint density at radius 1 is 1.33 bits per heavy atom. The first-order valence-corrected chi connectivity index (χ1v) is 12.5. The summed E-state index contributed by atoms with van der Waals surface area (Å²) in [4.78, 5) is 23.0. The Morgan fingerprint density at radius 3 is 2.81 bits per heavy atom. The van der Waals surface area contributed by atoms with Crippen LogP contribution >= 0.6 is 52.9 Å². The van der Waals surface area contributed by atoms with Crippen molar-refractivity contribution in [2.24, 2.45) is 0 Å². The number of benzene rings is 2. The van der Waals surface area contributed by atoms with E-state index in [2.05, 4.69) is 27.9 Å². The van der Waals surface area contributed by atoms with Gasteiger partial charge >= 0.3 is 0 Å². The topological polar surface area (TPSA) is 66.4 Å². The fraction of sp³-hybridized carbons (Fsp3) is 0.105. The first-order chi connectivity index (χ1) is 12.8. The van der Waals surface area contributed by atoms with Crippen molar-refractivity contribution in [2.45, 2.75) is 5.66 Å². The highest BCUT2D eigenvalue weighted by atomic mass is 127. The Labute approximate surface area is 179 Å². The maximum atomic E-state index is 12.8. The fourth-order valence-electron chi connectivity index (χ4n) is 2.76. The van der Waals surface area contributed by atoms with Gasteiger partial charge in [-0.15, -0.1) is 11.3 Å². The molecule has 2 aromatic carbocycles. The predicted octanol–water partition coefficient (Wildman–Crippen LogP) is 5.89. The van der Waals surface area contributed by atoms with Crippen molar-refractivity contribution >= 4 is 75.0 Å². The van der Waals surface area contributed by atoms with Crippen LogP contribution < -0.4 is 5.32 Å². The van der Waals surface area contributed by atoms with Crippen molar-refractivity contribution in [1.29, 1.82) is 0 Å². The van der Waals surface area contributed by atoms with Crippen molar-refractivity contribution < 1.29 is 14.3 Å². The second-order valence-electron chi connectivity index (χ2n) is 6.07. The molecule has 1 heterocycles. The molecule has 0 saturated heterocycles. The lowest BCUT2D eigenvalue weighted by molar-refractivity contribution is -0.120. The number of nitrogens with one attached hydrogen (secondary N) is 1. The third kappa shape index (κ3) is 5.00. The van der Waals surface area contributed by atoms with E-state index in [1.165, 1.54) is 24.2 Å². The van der Waals surface area contributed by atoms with Crippen LogP contribution in [-0.4, -0.2) is 17.5 Å². The van der Waals surface area contributed by atoms with Crippen LogP contribution in [-0.2, 0) is 9.36 Å². The molecule has 1 aromatic heterocycles. The summed E-state index contributed by atoms with van der Waals surface area (Å²) in [6.45, 7) is 1.22. The molecule has 0 spiro atoms. The molecule has 3 aromatic rings. The highest BCUT2D eigenvalue weighted by Crippen LogP contribution is 2.54. The molecule has 0 aliphatic heterocycles. The minimum atomic E-state index is -3.72. The Morgan fingerprint density at radius 2 is 2.11 bits per heavy atom. The molecule has 1 amide bonds. The van der Waals surface area contributed by atoms with Crippen LogP contribution in [0.3, 0.4) is 0 Å². The lowest BCUT2D eigenvalue weighted by Gasteiger charge is -2.18. The largest absolute Gasteiger partial charge is 0.344 e. The van der Waals surface area contributed by atoms with Crippen molar-refractivity contribution in [1.82, 2.24) is 5.32 Å². The minimum absolute atomic E-state index is 0.514. The molecule has 0 saturated carbocycles. The molecule has 8 heteroatoms. The summed E-state index contributed by atoms with van der Waals surface area (Å²) >= 11 is 9.59. The Kier molecular flexibility index (Phi) is 6.43. The van der Waals surface area contributed by atoms with Crippen molar-refractivity contribution in [2.75, 3.05) is 6.66 Å². The molecular formula is C19H16ClINO3PS. The average molecular weight is 532 g/mol. The molecule has 4 nitrogen and oxygen atoms in total. The summed E-state index contributed by atoms with van der Waals surface area (Å²) in [5.41, 5.74) is 0.266. The summed E-state index contributed by atoms with van der Waals surface area (Å²) < 4.78 is 14.5. The number of hydrogen-bond acceptors (Lipinski definition) is 3. The van der Waals surface area contributed by atoms with E-state index in [0.29, 0.717) is 10.6 Å². The van der Waals surface area contributed by atoms with Gasteiger partial charge in [0.25, 0.3) is 0 Å². The van der Waals surface area contributed by atoms with E-state index in [0.717, 1.165) is 19.2 Å². The number of rotatable bonds is 5. The molecule has 3 rings (SSSR count). The lowest BCUT2D eigenvalue weighted by Crippen LogP contribution is -2.25. The van der Waals surface area contributed by atoms with E-state index in [9.17, 15) is 14.3 Å². The van der Waals surface area contributed by atoms with Crippen LogP contribution in [0.15, 0.2) is 54.0 Å². The highest BCUT2D eigenvalue weighted by Gasteiger charge is 2.35. The lowest BCUT2D eigenvalue weighted by atomic mass is 10.1. The standard InChI is InChI=1S/C19H16ClINO3PS/c1-26(24,25)18(16-11-27-17-6-5-14(21)10-15(16)17)19(23)22-8-7-12-3-2-4-13(20)9-12/h2-11,18H,1H3,(H,22,23)(H,24,25)/b8-7+. The smallest absolute Gasteiger partial charge is 0.241 e. The van der Waals surface area contributed by atoms with E-state index in [-0.39, 0.29) is 0 Å². The second kappa shape index (κ2) is 8.45. The maximum Gasteiger partial charge on any atom is 0.241 e. The van der Waals surface area contributed by atoms with E-state index < -0.39 is 18.9 Å².